The molecular formula is C118H77F15N8. The van der Waals surface area contributed by atoms with Crippen LogP contribution in [0.1, 0.15) is 55.6 Å². The molecule has 0 unspecified atom stereocenters. The Kier molecular flexibility index (Phi) is 23.7. The number of benzene rings is 17. The van der Waals surface area contributed by atoms with E-state index in [-0.39, 0.29) is 22.5 Å². The zero-order valence-electron chi connectivity index (χ0n) is 75.5. The van der Waals surface area contributed by atoms with Crippen LogP contribution in [0, 0.1) is 34.6 Å². The minimum atomic E-state index is -4.74. The van der Waals surface area contributed by atoms with E-state index in [2.05, 4.69) is 0 Å². The lowest BCUT2D eigenvalue weighted by atomic mass is 9.91. The van der Waals surface area contributed by atoms with Gasteiger partial charge in [0.05, 0.1) is 61.3 Å². The highest BCUT2D eigenvalue weighted by Gasteiger charge is 2.38. The fourth-order valence-electron chi connectivity index (χ4n) is 18.5. The van der Waals surface area contributed by atoms with Gasteiger partial charge >= 0.3 is 30.9 Å². The Bertz CT molecular complexity index is 8220. The van der Waals surface area contributed by atoms with Crippen molar-refractivity contribution in [2.24, 2.45) is 0 Å². The number of hydrogen-bond acceptors (Lipinski definition) is 6. The second kappa shape index (κ2) is 36.3. The van der Waals surface area contributed by atoms with Crippen LogP contribution < -0.4 is 0 Å². The lowest BCUT2D eigenvalue weighted by Gasteiger charge is -2.22. The van der Waals surface area contributed by atoms with Crippen LogP contribution in [-0.4, -0.2) is 39.0 Å². The van der Waals surface area contributed by atoms with Crippen molar-refractivity contribution in [2.45, 2.75) is 65.5 Å². The van der Waals surface area contributed by atoms with Gasteiger partial charge in [-0.15, -0.1) is 0 Å². The lowest BCUT2D eigenvalue weighted by molar-refractivity contribution is -0.138. The predicted molar refractivity (Wildman–Crippen MR) is 528 cm³/mol. The molecule has 0 fully saturated rings. The van der Waals surface area contributed by atoms with Crippen molar-refractivity contribution >= 4 is 43.6 Å². The van der Waals surface area contributed by atoms with Crippen LogP contribution in [-0.2, 0) is 30.9 Å². The molecule has 0 amide bonds. The second-order valence-electron chi connectivity index (χ2n) is 35.0. The van der Waals surface area contributed by atoms with E-state index < -0.39 is 58.7 Å². The van der Waals surface area contributed by atoms with Crippen LogP contribution in [0.2, 0.25) is 0 Å². The molecule has 21 aromatic rings. The Morgan fingerprint density at radius 3 is 0.688 bits per heavy atom. The number of rotatable bonds is 15. The third-order valence-electron chi connectivity index (χ3n) is 24.9. The first-order valence-electron chi connectivity index (χ1n) is 44.8. The van der Waals surface area contributed by atoms with Gasteiger partial charge in [0.2, 0.25) is 0 Å². The molecule has 0 saturated carbocycles. The van der Waals surface area contributed by atoms with Gasteiger partial charge in [-0.3, -0.25) is 0 Å². The van der Waals surface area contributed by atoms with Gasteiger partial charge in [-0.25, -0.2) is 29.9 Å². The molecule has 23 heteroatoms. The smallest absolute Gasteiger partial charge is 0.308 e. The normalized spacial score (nSPS) is 12.1. The van der Waals surface area contributed by atoms with Gasteiger partial charge in [0.25, 0.3) is 0 Å². The number of aryl methyl sites for hydroxylation is 5. The number of nitrogens with zero attached hydrogens (tertiary/aromatic N) is 8. The van der Waals surface area contributed by atoms with Gasteiger partial charge in [-0.2, -0.15) is 65.9 Å². The third-order valence-corrected chi connectivity index (χ3v) is 24.9. The maximum atomic E-state index is 14.8. The van der Waals surface area contributed by atoms with E-state index in [1.54, 1.807) is 99.6 Å². The summed E-state index contributed by atoms with van der Waals surface area (Å²) in [4.78, 5) is 29.8. The molecule has 0 N–H and O–H groups in total. The minimum Gasteiger partial charge on any atom is -0.308 e. The number of halogens is 15. The van der Waals surface area contributed by atoms with E-state index in [0.29, 0.717) is 162 Å². The fourth-order valence-corrected chi connectivity index (χ4v) is 18.5. The molecule has 0 bridgehead atoms. The Morgan fingerprint density at radius 1 is 0.163 bits per heavy atom. The van der Waals surface area contributed by atoms with Crippen LogP contribution in [0.5, 0.6) is 0 Å². The van der Waals surface area contributed by atoms with Crippen LogP contribution in [0.15, 0.2) is 376 Å². The number of para-hydroxylation sites is 1. The van der Waals surface area contributed by atoms with Gasteiger partial charge in [-0.05, 0) is 234 Å². The number of alkyl halides is 15. The topological polar surface area (TPSA) is 87.2 Å². The monoisotopic (exact) mass is 1890 g/mol. The van der Waals surface area contributed by atoms with Crippen molar-refractivity contribution in [2.75, 3.05) is 0 Å². The molecule has 4 aromatic heterocycles. The van der Waals surface area contributed by atoms with Crippen LogP contribution in [0.25, 0.3) is 201 Å². The van der Waals surface area contributed by atoms with E-state index in [0.717, 1.165) is 105 Å². The first kappa shape index (κ1) is 92.0. The van der Waals surface area contributed by atoms with E-state index in [1.807, 2.05) is 247 Å². The van der Waals surface area contributed by atoms with Crippen LogP contribution in [0.4, 0.5) is 65.9 Å². The van der Waals surface area contributed by atoms with Crippen molar-refractivity contribution in [1.82, 2.24) is 39.0 Å². The van der Waals surface area contributed by atoms with Crippen LogP contribution in [0.3, 0.4) is 0 Å². The zero-order chi connectivity index (χ0) is 98.3. The number of aromatic nitrogens is 8. The maximum Gasteiger partial charge on any atom is 0.416 e. The molecule has 8 nitrogen and oxygen atoms in total. The molecule has 21 rings (SSSR count). The van der Waals surface area contributed by atoms with Gasteiger partial charge in [0.1, 0.15) is 0 Å². The second-order valence-corrected chi connectivity index (χ2v) is 35.0. The molecule has 4 heterocycles. The highest BCUT2D eigenvalue weighted by molar-refractivity contribution is 6.14. The summed E-state index contributed by atoms with van der Waals surface area (Å²) in [7, 11) is 0. The average molecular weight is 1890 g/mol. The molecular weight excluding hydrogens is 1810 g/mol. The lowest BCUT2D eigenvalue weighted by Crippen LogP contribution is -2.06. The molecule has 17 aromatic carbocycles. The molecule has 0 atom stereocenters. The molecule has 0 aliphatic rings. The summed E-state index contributed by atoms with van der Waals surface area (Å²) in [6.07, 6.45) is -23.2. The summed E-state index contributed by atoms with van der Waals surface area (Å²) >= 11 is 0. The SMILES string of the molecule is Cc1cccc(-c2cc(-c3nc(-c4ccccc4)nc(-c4ccccc4)n3)cc(-c3cccc(C(F)(F)F)c3)c2-n2c3ccc(-c4cc(C)cc(C(F)(F)F)c4)cc3c3cc(-c4cc(C)cc(C(F)(F)F)c4)ccc32)c1.Cc1cccc(-c2cc(-c3nc(-c4ccccc4)nc(-c4ccccc4)n3)cc(-c3cccc(C(F)(F)F)c3)c2-n2c3ccccc3c3cc(-c4cc(C)cc(C(F)(F)F)c4)ccc32)c1. The molecule has 0 saturated heterocycles. The quantitative estimate of drug-likeness (QED) is 0.0951. The number of fused-ring (bicyclic) bond motifs is 6. The Balaban J connectivity index is 0.000000175. The van der Waals surface area contributed by atoms with Gasteiger partial charge in [0.15, 0.2) is 34.9 Å². The van der Waals surface area contributed by atoms with Crippen molar-refractivity contribution in [1.29, 1.82) is 0 Å². The third kappa shape index (κ3) is 18.7. The highest BCUT2D eigenvalue weighted by Crippen LogP contribution is 2.51. The molecule has 141 heavy (non-hydrogen) atoms. The van der Waals surface area contributed by atoms with Crippen molar-refractivity contribution in [3.8, 4) is 158 Å². The average Bonchev–Trinajstić information content (AvgIpc) is 1.58. The number of hydrogen-bond donors (Lipinski definition) is 0. The maximum absolute atomic E-state index is 14.8. The largest absolute Gasteiger partial charge is 0.416 e. The van der Waals surface area contributed by atoms with Crippen molar-refractivity contribution in [3.63, 3.8) is 0 Å². The van der Waals surface area contributed by atoms with E-state index in [9.17, 15) is 65.9 Å². The standard InChI is InChI=1S/C63H41F9N4.C55H36F6N4/c1-36-12-10-17-43(24-36)51-34-47(60-74-58(39-13-6-4-7-14-39)73-59(75-60)40-15-8-5-9-16-40)35-52(44-18-11-19-48(29-44)61(64,65)66)57(51)76-55-22-20-41(45-25-37(2)27-49(30-45)62(67,68)69)32-53(55)54-33-42(21-23-56(54)76)46-26-38(3)28-50(31-46)63(70,71)72;1-33-13-11-18-38(25-33)45-31-41(53-63-51(35-14-5-3-6-15-35)62-52(64-53)36-16-7-4-8-17-36)32-46(39-19-12-20-42(28-39)54(56,57)58)50(45)65-48-22-10-9-21-44(48)47-30-37(23-24-49(47)65)40-26-34(2)27-43(29-40)55(59,60)61/h4-35H,1-3H3;3-32H,1-2H3. The van der Waals surface area contributed by atoms with E-state index >= 15 is 0 Å². The Labute approximate surface area is 798 Å². The van der Waals surface area contributed by atoms with Crippen LogP contribution >= 0.6 is 0 Å². The summed E-state index contributed by atoms with van der Waals surface area (Å²) < 4.78 is 220. The highest BCUT2D eigenvalue weighted by atomic mass is 19.4. The van der Waals surface area contributed by atoms with E-state index in [1.165, 1.54) is 12.1 Å². The summed E-state index contributed by atoms with van der Waals surface area (Å²) in [5, 5.41) is 2.58. The molecule has 0 aliphatic heterocycles. The summed E-state index contributed by atoms with van der Waals surface area (Å²) in [6.45, 7) is 8.67. The Morgan fingerprint density at radius 2 is 0.397 bits per heavy atom. The van der Waals surface area contributed by atoms with E-state index in [4.69, 9.17) is 29.9 Å². The molecule has 694 valence electrons. The van der Waals surface area contributed by atoms with Gasteiger partial charge < -0.3 is 9.13 Å². The van der Waals surface area contributed by atoms with Gasteiger partial charge in [0, 0.05) is 77.2 Å². The molecule has 0 aliphatic carbocycles. The fraction of sp³-hybridized carbons (Fsp3) is 0.0847. The Hall–Kier alpha value is -16.7. The first-order valence-corrected chi connectivity index (χ1v) is 44.8. The summed E-state index contributed by atoms with van der Waals surface area (Å²) in [5.74, 6) is 2.09. The van der Waals surface area contributed by atoms with Crippen molar-refractivity contribution < 1.29 is 65.9 Å². The van der Waals surface area contributed by atoms with Gasteiger partial charge in [-0.1, -0.05) is 260 Å². The van der Waals surface area contributed by atoms with Crippen molar-refractivity contribution in [3.05, 3.63) is 432 Å². The minimum absolute atomic E-state index is 0.184. The zero-order valence-corrected chi connectivity index (χ0v) is 75.5. The first-order chi connectivity index (χ1) is 67.5. The summed E-state index contributed by atoms with van der Waals surface area (Å²) in [5.41, 5.74) is 12.6. The molecule has 0 spiro atoms. The summed E-state index contributed by atoms with van der Waals surface area (Å²) in [6, 6.07) is 106. The predicted octanol–water partition coefficient (Wildman–Crippen LogP) is 34.2. The molecule has 0 radical (unpaired) electrons.